The third-order valence-electron chi connectivity index (χ3n) is 3.70. The average molecular weight is 362 g/mol. The molecule has 0 fully saturated rings. The lowest BCUT2D eigenvalue weighted by Crippen LogP contribution is -2.29. The number of hydrogen-bond donors (Lipinski definition) is 1. The van der Waals surface area contributed by atoms with Gasteiger partial charge in [0.25, 0.3) is 0 Å². The molecule has 1 aromatic carbocycles. The maximum absolute atomic E-state index is 6.35. The van der Waals surface area contributed by atoms with Crippen LogP contribution < -0.4 is 5.32 Å². The molecule has 0 spiro atoms. The molecule has 114 valence electrons. The topological polar surface area (TPSA) is 15.3 Å². The van der Waals surface area contributed by atoms with Gasteiger partial charge < -0.3 is 10.2 Å². The molecule has 1 rings (SSSR count). The third kappa shape index (κ3) is 5.72. The maximum Gasteiger partial charge on any atom is 0.0465 e. The molecule has 0 aliphatic rings. The summed E-state index contributed by atoms with van der Waals surface area (Å²) >= 11 is 9.81. The summed E-state index contributed by atoms with van der Waals surface area (Å²) in [6, 6.07) is 6.44. The molecule has 0 amide bonds. The van der Waals surface area contributed by atoms with E-state index in [-0.39, 0.29) is 0 Å². The summed E-state index contributed by atoms with van der Waals surface area (Å²) in [5, 5.41) is 4.22. The van der Waals surface area contributed by atoms with Crippen LogP contribution in [0.3, 0.4) is 0 Å². The summed E-state index contributed by atoms with van der Waals surface area (Å²) < 4.78 is 1.03. The lowest BCUT2D eigenvalue weighted by atomic mass is 10.0. The molecule has 1 unspecified atom stereocenters. The Morgan fingerprint density at radius 3 is 2.60 bits per heavy atom. The van der Waals surface area contributed by atoms with Gasteiger partial charge in [0.05, 0.1) is 0 Å². The smallest absolute Gasteiger partial charge is 0.0465 e. The van der Waals surface area contributed by atoms with Crippen LogP contribution >= 0.6 is 27.5 Å². The van der Waals surface area contributed by atoms with E-state index in [9.17, 15) is 0 Å². The molecule has 1 atom stereocenters. The van der Waals surface area contributed by atoms with Crippen molar-refractivity contribution in [2.45, 2.75) is 39.2 Å². The van der Waals surface area contributed by atoms with Crippen LogP contribution in [0.2, 0.25) is 5.02 Å². The van der Waals surface area contributed by atoms with Crippen molar-refractivity contribution in [3.8, 4) is 0 Å². The summed E-state index contributed by atoms with van der Waals surface area (Å²) in [4.78, 5) is 2.51. The first-order valence-electron chi connectivity index (χ1n) is 7.46. The van der Waals surface area contributed by atoms with Crippen LogP contribution in [0.15, 0.2) is 22.7 Å². The van der Waals surface area contributed by atoms with E-state index in [1.807, 2.05) is 13.1 Å². The largest absolute Gasteiger partial charge is 0.313 e. The van der Waals surface area contributed by atoms with Gasteiger partial charge in [-0.25, -0.2) is 0 Å². The van der Waals surface area contributed by atoms with Crippen LogP contribution in [0.25, 0.3) is 0 Å². The fraction of sp³-hybridized carbons (Fsp3) is 0.625. The van der Waals surface area contributed by atoms with E-state index >= 15 is 0 Å². The molecule has 4 heteroatoms. The Bertz CT molecular complexity index is 398. The second kappa shape index (κ2) is 9.78. The first-order valence-corrected chi connectivity index (χ1v) is 8.64. The quantitative estimate of drug-likeness (QED) is 0.674. The van der Waals surface area contributed by atoms with Gasteiger partial charge in [0, 0.05) is 15.5 Å². The monoisotopic (exact) mass is 360 g/mol. The molecule has 20 heavy (non-hydrogen) atoms. The molecule has 0 saturated heterocycles. The summed E-state index contributed by atoms with van der Waals surface area (Å²) in [7, 11) is 2.01. The van der Waals surface area contributed by atoms with E-state index in [4.69, 9.17) is 11.6 Å². The summed E-state index contributed by atoms with van der Waals surface area (Å²) in [5.41, 5.74) is 1.18. The van der Waals surface area contributed by atoms with Crippen molar-refractivity contribution in [2.75, 3.05) is 26.7 Å². The molecule has 1 N–H and O–H groups in total. The van der Waals surface area contributed by atoms with Crippen molar-refractivity contribution in [3.05, 3.63) is 33.3 Å². The fourth-order valence-corrected chi connectivity index (χ4v) is 3.17. The van der Waals surface area contributed by atoms with Crippen molar-refractivity contribution < 1.29 is 0 Å². The first kappa shape index (κ1) is 18.0. The number of rotatable bonds is 9. The molecule has 0 aliphatic heterocycles. The van der Waals surface area contributed by atoms with Crippen LogP contribution in [-0.2, 0) is 0 Å². The third-order valence-corrected chi connectivity index (χ3v) is 4.52. The van der Waals surface area contributed by atoms with Crippen molar-refractivity contribution in [1.29, 1.82) is 0 Å². The summed E-state index contributed by atoms with van der Waals surface area (Å²) in [6.07, 6.45) is 3.61. The van der Waals surface area contributed by atoms with Crippen LogP contribution in [0, 0.1) is 0 Å². The standard InChI is InChI=1S/C16H26BrClN2/c1-4-6-10-20(5-2)11-9-16(19-3)14-8-7-13(17)12-15(14)18/h7-8,12,16,19H,4-6,9-11H2,1-3H3. The van der Waals surface area contributed by atoms with Gasteiger partial charge in [-0.3, -0.25) is 0 Å². The minimum absolute atomic E-state index is 0.311. The van der Waals surface area contributed by atoms with Crippen molar-refractivity contribution in [1.82, 2.24) is 10.2 Å². The number of hydrogen-bond acceptors (Lipinski definition) is 2. The number of nitrogens with one attached hydrogen (secondary N) is 1. The fourth-order valence-electron chi connectivity index (χ4n) is 2.36. The zero-order valence-corrected chi connectivity index (χ0v) is 15.1. The van der Waals surface area contributed by atoms with E-state index in [1.165, 1.54) is 24.9 Å². The maximum atomic E-state index is 6.35. The van der Waals surface area contributed by atoms with Crippen molar-refractivity contribution >= 4 is 27.5 Å². The molecule has 0 heterocycles. The van der Waals surface area contributed by atoms with E-state index in [1.54, 1.807) is 0 Å². The highest BCUT2D eigenvalue weighted by molar-refractivity contribution is 9.10. The van der Waals surface area contributed by atoms with Gasteiger partial charge in [-0.2, -0.15) is 0 Å². The second-order valence-electron chi connectivity index (χ2n) is 5.08. The summed E-state index contributed by atoms with van der Waals surface area (Å²) in [6.45, 7) is 7.89. The Labute approximate surface area is 137 Å². The Kier molecular flexibility index (Phi) is 8.78. The van der Waals surface area contributed by atoms with Gasteiger partial charge in [0.15, 0.2) is 0 Å². The number of benzene rings is 1. The van der Waals surface area contributed by atoms with Gasteiger partial charge in [-0.05, 0) is 57.2 Å². The van der Waals surface area contributed by atoms with Crippen LogP contribution in [0.5, 0.6) is 0 Å². The normalized spacial score (nSPS) is 12.9. The number of halogens is 2. The average Bonchev–Trinajstić information content (AvgIpc) is 2.44. The van der Waals surface area contributed by atoms with Crippen LogP contribution in [0.1, 0.15) is 44.7 Å². The van der Waals surface area contributed by atoms with E-state index < -0.39 is 0 Å². The molecular weight excluding hydrogens is 336 g/mol. The molecular formula is C16H26BrClN2. The highest BCUT2D eigenvalue weighted by atomic mass is 79.9. The van der Waals surface area contributed by atoms with E-state index in [2.05, 4.69) is 52.1 Å². The minimum Gasteiger partial charge on any atom is -0.313 e. The van der Waals surface area contributed by atoms with E-state index in [0.29, 0.717) is 6.04 Å². The SMILES string of the molecule is CCCCN(CC)CCC(NC)c1ccc(Br)cc1Cl. The molecule has 0 aliphatic carbocycles. The van der Waals surface area contributed by atoms with Gasteiger partial charge in [0.2, 0.25) is 0 Å². The van der Waals surface area contributed by atoms with Gasteiger partial charge in [-0.1, -0.05) is 53.9 Å². The Morgan fingerprint density at radius 1 is 1.30 bits per heavy atom. The first-order chi connectivity index (χ1) is 9.62. The lowest BCUT2D eigenvalue weighted by Gasteiger charge is -2.24. The lowest BCUT2D eigenvalue weighted by molar-refractivity contribution is 0.267. The zero-order chi connectivity index (χ0) is 15.0. The predicted octanol–water partition coefficient (Wildman–Crippen LogP) is 4.88. The van der Waals surface area contributed by atoms with Gasteiger partial charge in [0.1, 0.15) is 0 Å². The van der Waals surface area contributed by atoms with Gasteiger partial charge in [-0.15, -0.1) is 0 Å². The highest BCUT2D eigenvalue weighted by Gasteiger charge is 2.14. The molecule has 0 radical (unpaired) electrons. The highest BCUT2D eigenvalue weighted by Crippen LogP contribution is 2.28. The minimum atomic E-state index is 0.311. The number of unbranched alkanes of at least 4 members (excludes halogenated alkanes) is 1. The van der Waals surface area contributed by atoms with Gasteiger partial charge >= 0.3 is 0 Å². The zero-order valence-electron chi connectivity index (χ0n) is 12.8. The van der Waals surface area contributed by atoms with Crippen LogP contribution in [-0.4, -0.2) is 31.6 Å². The molecule has 0 aromatic heterocycles. The molecule has 0 bridgehead atoms. The molecule has 0 saturated carbocycles. The predicted molar refractivity (Wildman–Crippen MR) is 92.6 cm³/mol. The number of nitrogens with zero attached hydrogens (tertiary/aromatic N) is 1. The Hall–Kier alpha value is -0.0900. The molecule has 1 aromatic rings. The van der Waals surface area contributed by atoms with Crippen LogP contribution in [0.4, 0.5) is 0 Å². The summed E-state index contributed by atoms with van der Waals surface area (Å²) in [5.74, 6) is 0. The Morgan fingerprint density at radius 2 is 2.05 bits per heavy atom. The van der Waals surface area contributed by atoms with Crippen molar-refractivity contribution in [2.24, 2.45) is 0 Å². The molecule has 2 nitrogen and oxygen atoms in total. The van der Waals surface area contributed by atoms with E-state index in [0.717, 1.165) is 29.0 Å². The van der Waals surface area contributed by atoms with Crippen molar-refractivity contribution in [3.63, 3.8) is 0 Å². The Balaban J connectivity index is 2.62. The second-order valence-corrected chi connectivity index (χ2v) is 6.41.